The Kier molecular flexibility index (Phi) is 10.4. The van der Waals surface area contributed by atoms with E-state index in [0.29, 0.717) is 38.5 Å². The Hall–Kier alpha value is -1.64. The van der Waals surface area contributed by atoms with Crippen LogP contribution in [0, 0.1) is 5.92 Å². The van der Waals surface area contributed by atoms with Gasteiger partial charge in [-0.25, -0.2) is 9.97 Å². The second kappa shape index (κ2) is 11.9. The van der Waals surface area contributed by atoms with Crippen molar-refractivity contribution in [2.75, 3.05) is 50.7 Å². The average Bonchev–Trinajstić information content (AvgIpc) is 3.47. The number of halogens is 2. The molecule has 1 aromatic rings. The van der Waals surface area contributed by atoms with Crippen LogP contribution in [0.1, 0.15) is 19.3 Å². The fourth-order valence-electron chi connectivity index (χ4n) is 2.85. The minimum Gasteiger partial charge on any atom is -0.354 e. The Morgan fingerprint density at radius 2 is 1.74 bits per heavy atom. The van der Waals surface area contributed by atoms with Gasteiger partial charge in [0.25, 0.3) is 0 Å². The van der Waals surface area contributed by atoms with Crippen LogP contribution in [0.3, 0.4) is 0 Å². The summed E-state index contributed by atoms with van der Waals surface area (Å²) in [6.45, 7) is 4.43. The molecular weight excluding hydrogens is 391 g/mol. The summed E-state index contributed by atoms with van der Waals surface area (Å²) < 4.78 is 0. The SMILES string of the molecule is Cl.Cl.O=C(CNCC1CC1)NCCC(=O)N1CCN(c2ncccn2)CC1. The van der Waals surface area contributed by atoms with Gasteiger partial charge in [-0.2, -0.15) is 0 Å². The van der Waals surface area contributed by atoms with Crippen LogP contribution in [0.25, 0.3) is 0 Å². The lowest BCUT2D eigenvalue weighted by Gasteiger charge is -2.34. The Labute approximate surface area is 172 Å². The van der Waals surface area contributed by atoms with Gasteiger partial charge < -0.3 is 20.4 Å². The van der Waals surface area contributed by atoms with Crippen LogP contribution in [0.2, 0.25) is 0 Å². The van der Waals surface area contributed by atoms with E-state index in [4.69, 9.17) is 0 Å². The van der Waals surface area contributed by atoms with Gasteiger partial charge in [-0.05, 0) is 31.4 Å². The van der Waals surface area contributed by atoms with E-state index in [2.05, 4.69) is 25.5 Å². The van der Waals surface area contributed by atoms with Gasteiger partial charge in [0.05, 0.1) is 6.54 Å². The van der Waals surface area contributed by atoms with Crippen LogP contribution in [0.5, 0.6) is 0 Å². The minimum absolute atomic E-state index is 0. The van der Waals surface area contributed by atoms with Crippen LogP contribution in [0.4, 0.5) is 5.95 Å². The molecule has 2 fully saturated rings. The molecule has 1 saturated heterocycles. The molecule has 1 aliphatic heterocycles. The largest absolute Gasteiger partial charge is 0.354 e. The van der Waals surface area contributed by atoms with E-state index in [1.807, 2.05) is 4.90 Å². The topological polar surface area (TPSA) is 90.5 Å². The number of rotatable bonds is 8. The third-order valence-electron chi connectivity index (χ3n) is 4.54. The monoisotopic (exact) mass is 418 g/mol. The average molecular weight is 419 g/mol. The highest BCUT2D eigenvalue weighted by Gasteiger charge is 2.22. The lowest BCUT2D eigenvalue weighted by atomic mass is 10.3. The maximum Gasteiger partial charge on any atom is 0.233 e. The number of carbonyl (C=O) groups excluding carboxylic acids is 2. The normalized spacial score (nSPS) is 16.1. The predicted octanol–water partition coefficient (Wildman–Crippen LogP) is 0.475. The van der Waals surface area contributed by atoms with Crippen LogP contribution < -0.4 is 15.5 Å². The third kappa shape index (κ3) is 7.86. The van der Waals surface area contributed by atoms with Gasteiger partial charge in [-0.15, -0.1) is 24.8 Å². The van der Waals surface area contributed by atoms with E-state index in [1.54, 1.807) is 18.5 Å². The highest BCUT2D eigenvalue weighted by atomic mass is 35.5. The van der Waals surface area contributed by atoms with Gasteiger partial charge in [-0.1, -0.05) is 0 Å². The molecule has 1 aliphatic carbocycles. The molecule has 10 heteroatoms. The van der Waals surface area contributed by atoms with Crippen LogP contribution in [-0.2, 0) is 9.59 Å². The number of aromatic nitrogens is 2. The zero-order chi connectivity index (χ0) is 17.5. The zero-order valence-corrected chi connectivity index (χ0v) is 16.9. The van der Waals surface area contributed by atoms with E-state index in [1.165, 1.54) is 12.8 Å². The summed E-state index contributed by atoms with van der Waals surface area (Å²) in [6, 6.07) is 1.79. The van der Waals surface area contributed by atoms with Crippen LogP contribution in [0.15, 0.2) is 18.5 Å². The summed E-state index contributed by atoms with van der Waals surface area (Å²) in [7, 11) is 0. The first-order valence-corrected chi connectivity index (χ1v) is 8.99. The number of hydrogen-bond donors (Lipinski definition) is 2. The van der Waals surface area contributed by atoms with E-state index in [9.17, 15) is 9.59 Å². The third-order valence-corrected chi connectivity index (χ3v) is 4.54. The number of nitrogens with one attached hydrogen (secondary N) is 2. The van der Waals surface area contributed by atoms with Crippen LogP contribution >= 0.6 is 24.8 Å². The van der Waals surface area contributed by atoms with Crippen molar-refractivity contribution in [2.45, 2.75) is 19.3 Å². The van der Waals surface area contributed by atoms with Gasteiger partial charge >= 0.3 is 0 Å². The van der Waals surface area contributed by atoms with Crippen molar-refractivity contribution in [3.8, 4) is 0 Å². The number of nitrogens with zero attached hydrogens (tertiary/aromatic N) is 4. The summed E-state index contributed by atoms with van der Waals surface area (Å²) in [4.78, 5) is 36.3. The Bertz CT molecular complexity index is 580. The first kappa shape index (κ1) is 23.4. The summed E-state index contributed by atoms with van der Waals surface area (Å²) in [6.07, 6.45) is 6.33. The van der Waals surface area contributed by atoms with Crippen LogP contribution in [-0.4, -0.2) is 72.5 Å². The molecule has 152 valence electrons. The molecule has 1 aromatic heterocycles. The van der Waals surface area contributed by atoms with Crippen molar-refractivity contribution >= 4 is 42.6 Å². The Morgan fingerprint density at radius 1 is 1.07 bits per heavy atom. The molecule has 27 heavy (non-hydrogen) atoms. The van der Waals surface area contributed by atoms with E-state index < -0.39 is 0 Å². The summed E-state index contributed by atoms with van der Waals surface area (Å²) in [5.74, 6) is 1.51. The van der Waals surface area contributed by atoms with Gasteiger partial charge in [0.15, 0.2) is 0 Å². The van der Waals surface area contributed by atoms with E-state index in [0.717, 1.165) is 25.6 Å². The second-order valence-corrected chi connectivity index (χ2v) is 6.59. The molecule has 2 aliphatic rings. The molecule has 0 bridgehead atoms. The molecule has 3 rings (SSSR count). The van der Waals surface area contributed by atoms with Crippen molar-refractivity contribution in [3.05, 3.63) is 18.5 Å². The van der Waals surface area contributed by atoms with Gasteiger partial charge in [0.1, 0.15) is 0 Å². The molecule has 1 saturated carbocycles. The summed E-state index contributed by atoms with van der Waals surface area (Å²) in [5, 5.41) is 5.95. The Morgan fingerprint density at radius 3 is 2.37 bits per heavy atom. The van der Waals surface area contributed by atoms with E-state index in [-0.39, 0.29) is 36.6 Å². The predicted molar refractivity (Wildman–Crippen MR) is 109 cm³/mol. The first-order chi connectivity index (χ1) is 12.2. The molecular formula is C17H28Cl2N6O2. The molecule has 0 aromatic carbocycles. The van der Waals surface area contributed by atoms with Crippen molar-refractivity contribution in [3.63, 3.8) is 0 Å². The molecule has 2 heterocycles. The number of carbonyl (C=O) groups is 2. The Balaban J connectivity index is 0.00000182. The smallest absolute Gasteiger partial charge is 0.233 e. The molecule has 2 amide bonds. The number of hydrogen-bond acceptors (Lipinski definition) is 6. The zero-order valence-electron chi connectivity index (χ0n) is 15.3. The fraction of sp³-hybridized carbons (Fsp3) is 0.647. The highest BCUT2D eigenvalue weighted by Crippen LogP contribution is 2.27. The number of amides is 2. The van der Waals surface area contributed by atoms with Crippen molar-refractivity contribution < 1.29 is 9.59 Å². The molecule has 0 spiro atoms. The summed E-state index contributed by atoms with van der Waals surface area (Å²) >= 11 is 0. The van der Waals surface area contributed by atoms with Crippen molar-refractivity contribution in [1.29, 1.82) is 0 Å². The lowest BCUT2D eigenvalue weighted by Crippen LogP contribution is -2.49. The van der Waals surface area contributed by atoms with Gasteiger partial charge in [0.2, 0.25) is 17.8 Å². The van der Waals surface area contributed by atoms with Crippen molar-refractivity contribution in [1.82, 2.24) is 25.5 Å². The van der Waals surface area contributed by atoms with Gasteiger partial charge in [0, 0.05) is 51.5 Å². The molecule has 0 radical (unpaired) electrons. The maximum atomic E-state index is 12.2. The molecule has 0 atom stereocenters. The standard InChI is InChI=1S/C17H26N6O2.2ClH/c24-15(13-18-12-14-2-3-14)19-7-4-16(25)22-8-10-23(11-9-22)17-20-5-1-6-21-17;;/h1,5-6,14,18H,2-4,7-13H2,(H,19,24);2*1H. The fourth-order valence-corrected chi connectivity index (χ4v) is 2.85. The highest BCUT2D eigenvalue weighted by molar-refractivity contribution is 5.85. The molecule has 2 N–H and O–H groups in total. The molecule has 8 nitrogen and oxygen atoms in total. The first-order valence-electron chi connectivity index (χ1n) is 8.99. The number of piperazine rings is 1. The summed E-state index contributed by atoms with van der Waals surface area (Å²) in [5.41, 5.74) is 0. The van der Waals surface area contributed by atoms with Crippen molar-refractivity contribution in [2.24, 2.45) is 5.92 Å². The number of anilines is 1. The van der Waals surface area contributed by atoms with E-state index >= 15 is 0 Å². The second-order valence-electron chi connectivity index (χ2n) is 6.59. The minimum atomic E-state index is -0.0421. The van der Waals surface area contributed by atoms with Gasteiger partial charge in [-0.3, -0.25) is 9.59 Å². The quantitative estimate of drug-likeness (QED) is 0.637. The molecule has 0 unspecified atom stereocenters. The maximum absolute atomic E-state index is 12.2. The lowest BCUT2D eigenvalue weighted by molar-refractivity contribution is -0.131.